The van der Waals surface area contributed by atoms with Crippen molar-refractivity contribution in [2.75, 3.05) is 19.6 Å². The maximum Gasteiger partial charge on any atom is 0.335 e. The molecule has 0 radical (unpaired) electrons. The molecule has 3 aromatic carbocycles. The van der Waals surface area contributed by atoms with Crippen LogP contribution in [-0.4, -0.2) is 51.5 Å². The molecule has 2 N–H and O–H groups in total. The molecule has 0 aliphatic carbocycles. The molecule has 6 nitrogen and oxygen atoms in total. The van der Waals surface area contributed by atoms with E-state index in [9.17, 15) is 10.0 Å². The summed E-state index contributed by atoms with van der Waals surface area (Å²) in [5, 5.41) is 23.3. The minimum absolute atomic E-state index is 0.0740. The first-order valence-electron chi connectivity index (χ1n) is 14.3. The third-order valence-corrected chi connectivity index (χ3v) is 7.71. The summed E-state index contributed by atoms with van der Waals surface area (Å²) in [6, 6.07) is 24.6. The number of oxime groups is 1. The van der Waals surface area contributed by atoms with Crippen molar-refractivity contribution >= 4 is 23.3 Å². The van der Waals surface area contributed by atoms with E-state index in [0.29, 0.717) is 17.2 Å². The number of benzene rings is 3. The van der Waals surface area contributed by atoms with Crippen LogP contribution in [0.5, 0.6) is 0 Å². The van der Waals surface area contributed by atoms with Gasteiger partial charge in [-0.05, 0) is 97.7 Å². The van der Waals surface area contributed by atoms with Gasteiger partial charge in [0.15, 0.2) is 0 Å². The molecule has 0 saturated heterocycles. The van der Waals surface area contributed by atoms with Gasteiger partial charge in [0.1, 0.15) is 0 Å². The van der Waals surface area contributed by atoms with E-state index in [4.69, 9.17) is 16.7 Å². The van der Waals surface area contributed by atoms with Gasteiger partial charge in [0.2, 0.25) is 0 Å². The van der Waals surface area contributed by atoms with E-state index < -0.39 is 5.97 Å². The molecule has 0 saturated carbocycles. The molecule has 0 amide bonds. The number of hydrogen-bond donors (Lipinski definition) is 2. The fraction of sp³-hybridized carbons (Fsp3) is 0.286. The number of aromatic carboxylic acids is 1. The first-order chi connectivity index (χ1) is 20.2. The summed E-state index contributed by atoms with van der Waals surface area (Å²) in [7, 11) is 0. The second kappa shape index (κ2) is 15.9. The largest absolute Gasteiger partial charge is 0.478 e. The van der Waals surface area contributed by atoms with E-state index in [1.165, 1.54) is 19.6 Å². The Morgan fingerprint density at radius 2 is 1.45 bits per heavy atom. The second-order valence-corrected chi connectivity index (χ2v) is 10.6. The second-order valence-electron chi connectivity index (χ2n) is 10.1. The lowest BCUT2D eigenvalue weighted by Crippen LogP contribution is -2.21. The summed E-state index contributed by atoms with van der Waals surface area (Å²) in [6.07, 6.45) is 2.19. The third-order valence-electron chi connectivity index (χ3n) is 7.48. The van der Waals surface area contributed by atoms with E-state index in [0.717, 1.165) is 39.1 Å². The lowest BCUT2D eigenvalue weighted by molar-refractivity contribution is 0.0697. The summed E-state index contributed by atoms with van der Waals surface area (Å²) < 4.78 is 0. The van der Waals surface area contributed by atoms with Crippen LogP contribution in [0.1, 0.15) is 71.4 Å². The van der Waals surface area contributed by atoms with E-state index >= 15 is 0 Å². The van der Waals surface area contributed by atoms with Gasteiger partial charge in [-0.3, -0.25) is 4.98 Å². The molecule has 0 fully saturated rings. The number of halogens is 1. The van der Waals surface area contributed by atoms with Crippen LogP contribution in [0.4, 0.5) is 0 Å². The lowest BCUT2D eigenvalue weighted by atomic mass is 9.83. The van der Waals surface area contributed by atoms with Gasteiger partial charge in [-0.25, -0.2) is 4.79 Å². The van der Waals surface area contributed by atoms with Crippen molar-refractivity contribution in [2.45, 2.75) is 47.0 Å². The van der Waals surface area contributed by atoms with Gasteiger partial charge in [-0.2, -0.15) is 0 Å². The van der Waals surface area contributed by atoms with Crippen LogP contribution in [0.2, 0.25) is 5.02 Å². The van der Waals surface area contributed by atoms with E-state index in [1.807, 2.05) is 68.4 Å². The van der Waals surface area contributed by atoms with Crippen molar-refractivity contribution in [3.8, 4) is 11.1 Å². The lowest BCUT2D eigenvalue weighted by Gasteiger charge is -2.21. The fourth-order valence-corrected chi connectivity index (χ4v) is 5.18. The smallest absolute Gasteiger partial charge is 0.335 e. The summed E-state index contributed by atoms with van der Waals surface area (Å²) in [5.41, 5.74) is 7.64. The number of pyridine rings is 1. The molecule has 42 heavy (non-hydrogen) atoms. The molecule has 0 aliphatic rings. The Bertz CT molecular complexity index is 1480. The molecular weight excluding hydrogens is 546 g/mol. The van der Waals surface area contributed by atoms with Gasteiger partial charge in [-0.1, -0.05) is 80.0 Å². The molecule has 4 rings (SSSR count). The highest BCUT2D eigenvalue weighted by Crippen LogP contribution is 2.34. The van der Waals surface area contributed by atoms with Crippen LogP contribution in [0, 0.1) is 13.8 Å². The number of hydrogen-bond acceptors (Lipinski definition) is 5. The molecule has 7 heteroatoms. The highest BCUT2D eigenvalue weighted by atomic mass is 35.5. The standard InChI is InChI=1S/C29H25ClN2O3.C6H15N/c1-18-15-25(30)11-12-26(18)27(17-28(32-35)24-13-14-31-19(2)16-24)22-7-3-20(4-8-22)21-5-9-23(10-6-21)29(33)34;1-4-7(5-2)6-3/h3-16,27,35H,17H2,1-2H3,(H,33,34);4-6H2,1-3H3/b32-28+;/t27-;/m1./s1. The third kappa shape index (κ3) is 8.75. The molecule has 0 bridgehead atoms. The van der Waals surface area contributed by atoms with Crippen molar-refractivity contribution in [3.63, 3.8) is 0 Å². The minimum atomic E-state index is -0.946. The maximum absolute atomic E-state index is 11.1. The van der Waals surface area contributed by atoms with Crippen molar-refractivity contribution < 1.29 is 15.1 Å². The molecule has 0 unspecified atom stereocenters. The Labute approximate surface area is 254 Å². The van der Waals surface area contributed by atoms with E-state index in [-0.39, 0.29) is 11.5 Å². The number of carboxylic acid groups (broad SMARTS) is 1. The van der Waals surface area contributed by atoms with Crippen LogP contribution in [0.25, 0.3) is 11.1 Å². The average Bonchev–Trinajstić information content (AvgIpc) is 3.00. The van der Waals surface area contributed by atoms with Crippen molar-refractivity contribution in [2.24, 2.45) is 5.16 Å². The Hall–Kier alpha value is -4.00. The minimum Gasteiger partial charge on any atom is -0.478 e. The number of rotatable bonds is 10. The molecule has 1 heterocycles. The number of aryl methyl sites for hydroxylation is 2. The number of carbonyl (C=O) groups is 1. The van der Waals surface area contributed by atoms with E-state index in [2.05, 4.69) is 47.9 Å². The molecule has 1 aromatic heterocycles. The van der Waals surface area contributed by atoms with Gasteiger partial charge in [0, 0.05) is 34.8 Å². The summed E-state index contributed by atoms with van der Waals surface area (Å²) in [4.78, 5) is 17.8. The molecule has 4 aromatic rings. The van der Waals surface area contributed by atoms with Gasteiger partial charge in [0.25, 0.3) is 0 Å². The van der Waals surface area contributed by atoms with Crippen molar-refractivity contribution in [1.29, 1.82) is 0 Å². The maximum atomic E-state index is 11.1. The Morgan fingerprint density at radius 1 is 0.857 bits per heavy atom. The predicted octanol–water partition coefficient (Wildman–Crippen LogP) is 8.47. The fourth-order valence-electron chi connectivity index (χ4n) is 4.96. The Kier molecular flexibility index (Phi) is 12.3. The van der Waals surface area contributed by atoms with E-state index in [1.54, 1.807) is 18.3 Å². The molecule has 0 aliphatic heterocycles. The topological polar surface area (TPSA) is 86.0 Å². The van der Waals surface area contributed by atoms with Gasteiger partial charge in [0.05, 0.1) is 11.3 Å². The first-order valence-corrected chi connectivity index (χ1v) is 14.6. The zero-order valence-corrected chi connectivity index (χ0v) is 25.8. The highest BCUT2D eigenvalue weighted by molar-refractivity contribution is 6.30. The summed E-state index contributed by atoms with van der Waals surface area (Å²) in [5.74, 6) is -1.02. The number of aromatic nitrogens is 1. The summed E-state index contributed by atoms with van der Waals surface area (Å²) >= 11 is 6.23. The quantitative estimate of drug-likeness (QED) is 0.111. The number of carboxylic acids is 1. The zero-order chi connectivity index (χ0) is 30.6. The SMILES string of the molecule is CCN(CC)CC.Cc1cc(/C(C[C@H](c2ccc(-c3ccc(C(=O)O)cc3)cc2)c2ccc(Cl)cc2C)=N/O)ccn1. The normalized spacial score (nSPS) is 12.0. The van der Waals surface area contributed by atoms with Gasteiger partial charge >= 0.3 is 5.97 Å². The molecule has 1 atom stereocenters. The van der Waals surface area contributed by atoms with Crippen LogP contribution in [-0.2, 0) is 0 Å². The van der Waals surface area contributed by atoms with Crippen LogP contribution in [0.3, 0.4) is 0 Å². The predicted molar refractivity (Wildman–Crippen MR) is 172 cm³/mol. The molecular formula is C35H40ClN3O3. The van der Waals surface area contributed by atoms with Crippen LogP contribution in [0.15, 0.2) is 90.2 Å². The van der Waals surface area contributed by atoms with Crippen LogP contribution < -0.4 is 0 Å². The van der Waals surface area contributed by atoms with Gasteiger partial charge < -0.3 is 15.2 Å². The summed E-state index contributed by atoms with van der Waals surface area (Å²) in [6.45, 7) is 14.1. The molecule has 0 spiro atoms. The van der Waals surface area contributed by atoms with Crippen molar-refractivity contribution in [1.82, 2.24) is 9.88 Å². The van der Waals surface area contributed by atoms with Crippen molar-refractivity contribution in [3.05, 3.63) is 124 Å². The number of nitrogens with zero attached hydrogens (tertiary/aromatic N) is 3. The monoisotopic (exact) mass is 585 g/mol. The Morgan fingerprint density at radius 3 is 1.93 bits per heavy atom. The zero-order valence-electron chi connectivity index (χ0n) is 25.0. The van der Waals surface area contributed by atoms with Crippen LogP contribution >= 0.6 is 11.6 Å². The first kappa shape index (κ1) is 32.5. The van der Waals surface area contributed by atoms with Gasteiger partial charge in [-0.15, -0.1) is 0 Å². The molecule has 220 valence electrons. The highest BCUT2D eigenvalue weighted by Gasteiger charge is 2.21. The average molecular weight is 586 g/mol. The Balaban J connectivity index is 0.000000616.